The van der Waals surface area contributed by atoms with Gasteiger partial charge in [0.05, 0.1) is 12.4 Å². The molecule has 1 aromatic heterocycles. The number of pyridine rings is 1. The highest BCUT2D eigenvalue weighted by molar-refractivity contribution is 7.99. The van der Waals surface area contributed by atoms with E-state index >= 15 is 0 Å². The third-order valence-corrected chi connectivity index (χ3v) is 6.89. The number of rotatable bonds is 9. The number of carbonyl (C=O) groups is 2. The lowest BCUT2D eigenvalue weighted by atomic mass is 10.1. The molecule has 0 bridgehead atoms. The molecule has 184 valence electrons. The van der Waals surface area contributed by atoms with Crippen LogP contribution in [0.15, 0.2) is 65.7 Å². The highest BCUT2D eigenvalue weighted by Gasteiger charge is 2.28. The van der Waals surface area contributed by atoms with Gasteiger partial charge in [0, 0.05) is 17.2 Å². The summed E-state index contributed by atoms with van der Waals surface area (Å²) in [6, 6.07) is 14.5. The van der Waals surface area contributed by atoms with Crippen molar-refractivity contribution in [1.82, 2.24) is 10.3 Å². The minimum absolute atomic E-state index is 0.0906. The van der Waals surface area contributed by atoms with E-state index in [-0.39, 0.29) is 22.5 Å². The van der Waals surface area contributed by atoms with Crippen LogP contribution in [-0.2, 0) is 9.53 Å². The summed E-state index contributed by atoms with van der Waals surface area (Å²) in [6.07, 6.45) is 0.736. The van der Waals surface area contributed by atoms with E-state index in [1.165, 1.54) is 50.2 Å². The predicted molar refractivity (Wildman–Crippen MR) is 131 cm³/mol. The normalized spacial score (nSPS) is 13.4. The molecule has 0 radical (unpaired) electrons. The molecule has 1 amide bonds. The van der Waals surface area contributed by atoms with Crippen LogP contribution in [-0.4, -0.2) is 41.2 Å². The second-order valence-corrected chi connectivity index (χ2v) is 9.09. The standard InChI is InChI=1S/C26H27FN2O5S/c1-15-14-19(27)10-11-21(15)35-24(18-8-6-5-7-9-18)17(3)34-26(32)16(2)29-25(31)22-23(30)20(33-4)12-13-28-22/h5-14,16-17,24,30H,1-4H3,(H,29,31)/t16-,17-,24-/m0/s1. The van der Waals surface area contributed by atoms with E-state index in [4.69, 9.17) is 9.47 Å². The van der Waals surface area contributed by atoms with Crippen LogP contribution in [0.4, 0.5) is 4.39 Å². The first-order valence-corrected chi connectivity index (χ1v) is 11.8. The number of amides is 1. The summed E-state index contributed by atoms with van der Waals surface area (Å²) in [5.74, 6) is -2.03. The molecule has 2 N–H and O–H groups in total. The largest absolute Gasteiger partial charge is 0.503 e. The topological polar surface area (TPSA) is 97.8 Å². The second-order valence-electron chi connectivity index (χ2n) is 7.91. The maximum Gasteiger partial charge on any atom is 0.328 e. The van der Waals surface area contributed by atoms with Gasteiger partial charge in [-0.3, -0.25) is 4.79 Å². The molecule has 1 heterocycles. The molecule has 0 unspecified atom stereocenters. The van der Waals surface area contributed by atoms with E-state index in [1.54, 1.807) is 13.0 Å². The zero-order valence-electron chi connectivity index (χ0n) is 19.8. The third kappa shape index (κ3) is 6.51. The molecule has 0 saturated heterocycles. The van der Waals surface area contributed by atoms with Gasteiger partial charge in [-0.1, -0.05) is 30.3 Å². The van der Waals surface area contributed by atoms with Crippen molar-refractivity contribution in [1.29, 1.82) is 0 Å². The second kappa shape index (κ2) is 11.7. The SMILES string of the molecule is COc1ccnc(C(=O)N[C@@H](C)C(=O)O[C@@H](C)[C@H](Sc2ccc(F)cc2C)c2ccccc2)c1O. The zero-order chi connectivity index (χ0) is 25.5. The van der Waals surface area contributed by atoms with Crippen molar-refractivity contribution >= 4 is 23.6 Å². The molecular weight excluding hydrogens is 471 g/mol. The average Bonchev–Trinajstić information content (AvgIpc) is 2.84. The van der Waals surface area contributed by atoms with E-state index in [2.05, 4.69) is 10.3 Å². The van der Waals surface area contributed by atoms with Crippen molar-refractivity contribution in [2.75, 3.05) is 7.11 Å². The Balaban J connectivity index is 1.73. The van der Waals surface area contributed by atoms with Crippen LogP contribution < -0.4 is 10.1 Å². The Morgan fingerprint density at radius 2 is 1.83 bits per heavy atom. The van der Waals surface area contributed by atoms with E-state index < -0.39 is 29.8 Å². The number of nitrogens with zero attached hydrogens (tertiary/aromatic N) is 1. The smallest absolute Gasteiger partial charge is 0.328 e. The summed E-state index contributed by atoms with van der Waals surface area (Å²) >= 11 is 1.47. The first kappa shape index (κ1) is 26.0. The molecule has 0 fully saturated rings. The molecule has 0 aliphatic heterocycles. The van der Waals surface area contributed by atoms with Crippen LogP contribution in [0.25, 0.3) is 0 Å². The number of nitrogens with one attached hydrogen (secondary N) is 1. The molecule has 7 nitrogen and oxygen atoms in total. The molecule has 0 spiro atoms. The van der Waals surface area contributed by atoms with Crippen molar-refractivity contribution in [2.24, 2.45) is 0 Å². The van der Waals surface area contributed by atoms with Crippen LogP contribution in [0.3, 0.4) is 0 Å². The number of aryl methyl sites for hydroxylation is 1. The number of benzene rings is 2. The fourth-order valence-corrected chi connectivity index (χ4v) is 4.60. The number of ether oxygens (including phenoxy) is 2. The summed E-state index contributed by atoms with van der Waals surface area (Å²) in [5.41, 5.74) is 1.45. The summed E-state index contributed by atoms with van der Waals surface area (Å²) in [7, 11) is 1.35. The van der Waals surface area contributed by atoms with Crippen molar-refractivity contribution in [3.8, 4) is 11.5 Å². The highest BCUT2D eigenvalue weighted by atomic mass is 32.2. The van der Waals surface area contributed by atoms with Gasteiger partial charge in [-0.2, -0.15) is 0 Å². The van der Waals surface area contributed by atoms with Crippen LogP contribution >= 0.6 is 11.8 Å². The molecular formula is C26H27FN2O5S. The van der Waals surface area contributed by atoms with Gasteiger partial charge in [0.15, 0.2) is 17.2 Å². The number of aromatic nitrogens is 1. The number of halogens is 1. The minimum Gasteiger partial charge on any atom is -0.503 e. The molecule has 9 heteroatoms. The molecule has 3 rings (SSSR count). The van der Waals surface area contributed by atoms with E-state index in [0.717, 1.165) is 16.0 Å². The van der Waals surface area contributed by atoms with E-state index in [0.29, 0.717) is 0 Å². The lowest BCUT2D eigenvalue weighted by molar-refractivity contribution is -0.150. The van der Waals surface area contributed by atoms with Gasteiger partial charge in [-0.15, -0.1) is 11.8 Å². The van der Waals surface area contributed by atoms with Crippen LogP contribution in [0.5, 0.6) is 11.5 Å². The number of carbonyl (C=O) groups excluding carboxylic acids is 2. The number of methoxy groups -OCH3 is 1. The van der Waals surface area contributed by atoms with Gasteiger partial charge in [-0.25, -0.2) is 14.2 Å². The van der Waals surface area contributed by atoms with Crippen molar-refractivity contribution in [3.63, 3.8) is 0 Å². The van der Waals surface area contributed by atoms with Gasteiger partial charge < -0.3 is 19.9 Å². The molecule has 35 heavy (non-hydrogen) atoms. The Kier molecular flexibility index (Phi) is 8.70. The number of thioether (sulfide) groups is 1. The zero-order valence-corrected chi connectivity index (χ0v) is 20.6. The number of aromatic hydroxyl groups is 1. The first-order chi connectivity index (χ1) is 16.7. The first-order valence-electron chi connectivity index (χ1n) is 10.9. The maximum atomic E-state index is 13.6. The summed E-state index contributed by atoms with van der Waals surface area (Å²) < 4.78 is 24.3. The van der Waals surface area contributed by atoms with Crippen LogP contribution in [0.2, 0.25) is 0 Å². The van der Waals surface area contributed by atoms with Gasteiger partial charge in [-0.05, 0) is 50.1 Å². The molecule has 2 aromatic carbocycles. The van der Waals surface area contributed by atoms with Crippen molar-refractivity contribution in [2.45, 2.75) is 43.1 Å². The number of hydrogen-bond acceptors (Lipinski definition) is 7. The fourth-order valence-electron chi connectivity index (χ4n) is 3.40. The lowest BCUT2D eigenvalue weighted by Gasteiger charge is -2.26. The molecule has 0 aliphatic carbocycles. The predicted octanol–water partition coefficient (Wildman–Crippen LogP) is 4.83. The quantitative estimate of drug-likeness (QED) is 0.322. The summed E-state index contributed by atoms with van der Waals surface area (Å²) in [5, 5.41) is 12.4. The molecule has 0 saturated carbocycles. The Morgan fingerprint density at radius 1 is 1.11 bits per heavy atom. The molecule has 3 atom stereocenters. The van der Waals surface area contributed by atoms with E-state index in [1.807, 2.05) is 37.3 Å². The van der Waals surface area contributed by atoms with Gasteiger partial charge >= 0.3 is 5.97 Å². The highest BCUT2D eigenvalue weighted by Crippen LogP contribution is 2.40. The van der Waals surface area contributed by atoms with Gasteiger partial charge in [0.1, 0.15) is 18.0 Å². The van der Waals surface area contributed by atoms with Gasteiger partial charge in [0.2, 0.25) is 0 Å². The van der Waals surface area contributed by atoms with Crippen molar-refractivity contribution < 1.29 is 28.6 Å². The Hall–Kier alpha value is -3.59. The maximum absolute atomic E-state index is 13.6. The monoisotopic (exact) mass is 498 g/mol. The fraction of sp³-hybridized carbons (Fsp3) is 0.269. The van der Waals surface area contributed by atoms with Crippen LogP contribution in [0.1, 0.15) is 40.7 Å². The Bertz CT molecular complexity index is 1190. The number of hydrogen-bond donors (Lipinski definition) is 2. The third-order valence-electron chi connectivity index (χ3n) is 5.27. The van der Waals surface area contributed by atoms with Crippen molar-refractivity contribution in [3.05, 3.63) is 83.4 Å². The average molecular weight is 499 g/mol. The van der Waals surface area contributed by atoms with Gasteiger partial charge in [0.25, 0.3) is 5.91 Å². The van der Waals surface area contributed by atoms with E-state index in [9.17, 15) is 19.1 Å². The van der Waals surface area contributed by atoms with Crippen LogP contribution in [0, 0.1) is 12.7 Å². The Morgan fingerprint density at radius 3 is 2.49 bits per heavy atom. The molecule has 0 aliphatic rings. The number of esters is 1. The Labute approximate surface area is 207 Å². The summed E-state index contributed by atoms with van der Waals surface area (Å²) in [4.78, 5) is 30.1. The lowest BCUT2D eigenvalue weighted by Crippen LogP contribution is -2.41. The minimum atomic E-state index is -1.01. The summed E-state index contributed by atoms with van der Waals surface area (Å²) in [6.45, 7) is 5.08. The molecule has 3 aromatic rings.